The van der Waals surface area contributed by atoms with E-state index < -0.39 is 17.4 Å². The minimum atomic E-state index is -3.58. The van der Waals surface area contributed by atoms with Crippen LogP contribution in [0.2, 0.25) is 9.26 Å². The summed E-state index contributed by atoms with van der Waals surface area (Å²) in [5, 5.41) is 5.31. The van der Waals surface area contributed by atoms with Crippen LogP contribution in [0, 0.1) is 0 Å². The molecule has 8 rings (SSSR count). The van der Waals surface area contributed by atoms with Crippen LogP contribution in [0.4, 0.5) is 0 Å². The maximum Gasteiger partial charge on any atom is -0.147 e. The fraction of sp³-hybridized carbons (Fsp3) is 0.128. The SMILES string of the molecule is CC1=C[CH]([Zr]([CH3])([CH3])(=[SiH2])[CH]2c3ccccc3-c3ccccc32)c2cccc(-c3cc4ccccc4c4ccccc34)c21.Cl.Cl. The molecule has 0 saturated carbocycles. The third kappa shape index (κ3) is 4.40. The zero-order valence-corrected chi connectivity index (χ0v) is 30.3. The summed E-state index contributed by atoms with van der Waals surface area (Å²) in [6.45, 7) is 4.78. The van der Waals surface area contributed by atoms with E-state index in [4.69, 9.17) is 0 Å². The Morgan fingerprint density at radius 2 is 1.05 bits per heavy atom. The molecule has 4 heteroatoms. The number of rotatable bonds is 3. The number of allylic oxidation sites excluding steroid dienone is 2. The zero-order chi connectivity index (χ0) is 28.0. The number of benzene rings is 6. The Morgan fingerprint density at radius 3 is 1.72 bits per heavy atom. The minimum Gasteiger partial charge on any atom is -0.147 e. The van der Waals surface area contributed by atoms with Gasteiger partial charge >= 0.3 is 247 Å². The van der Waals surface area contributed by atoms with E-state index in [1.165, 1.54) is 54.9 Å². The van der Waals surface area contributed by atoms with Gasteiger partial charge in [0.05, 0.1) is 0 Å². The first kappa shape index (κ1) is 30.3. The molecule has 0 spiro atoms. The van der Waals surface area contributed by atoms with E-state index in [2.05, 4.69) is 150 Å². The van der Waals surface area contributed by atoms with E-state index in [9.17, 15) is 0 Å². The van der Waals surface area contributed by atoms with E-state index in [0.717, 1.165) is 0 Å². The monoisotopic (exact) mass is 692 g/mol. The molecule has 1 unspecified atom stereocenters. The molecule has 214 valence electrons. The Bertz CT molecular complexity index is 2130. The van der Waals surface area contributed by atoms with Crippen molar-refractivity contribution in [1.29, 1.82) is 0 Å². The first-order chi connectivity index (χ1) is 19.8. The Labute approximate surface area is 269 Å². The van der Waals surface area contributed by atoms with Crippen LogP contribution in [-0.4, -0.2) is 6.88 Å². The van der Waals surface area contributed by atoms with E-state index in [1.54, 1.807) is 16.7 Å². The third-order valence-corrected chi connectivity index (χ3v) is 27.5. The number of fused-ring (bicyclic) bond motifs is 7. The van der Waals surface area contributed by atoms with Crippen molar-refractivity contribution in [3.8, 4) is 22.3 Å². The molecule has 0 radical (unpaired) electrons. The molecule has 0 aromatic heterocycles. The molecule has 1 atom stereocenters. The summed E-state index contributed by atoms with van der Waals surface area (Å²) in [5.41, 5.74) is 13.2. The fourth-order valence-electron chi connectivity index (χ4n) is 8.34. The van der Waals surface area contributed by atoms with Gasteiger partial charge in [-0.3, -0.25) is 0 Å². The summed E-state index contributed by atoms with van der Waals surface area (Å²) < 4.78 is 6.45. The number of halogens is 2. The average Bonchev–Trinajstić information content (AvgIpc) is 3.53. The molecule has 0 amide bonds. The van der Waals surface area contributed by atoms with Crippen LogP contribution in [0.25, 0.3) is 49.4 Å². The quantitative estimate of drug-likeness (QED) is 0.128. The molecule has 0 heterocycles. The van der Waals surface area contributed by atoms with Crippen molar-refractivity contribution in [2.75, 3.05) is 0 Å². The molecule has 2 aliphatic rings. The molecule has 0 bridgehead atoms. The fourth-order valence-corrected chi connectivity index (χ4v) is 25.1. The van der Waals surface area contributed by atoms with Gasteiger partial charge in [0.25, 0.3) is 0 Å². The standard InChI is InChI=1S/C24H17.C13H9.2CH3.2ClH.H2Si.Zr/c1-16-13-14-17-8-6-12-22(24(16)17)23-15-18-7-2-3-9-19(18)20-10-4-5-11-21(20)23;1-3-7-12-10(5-1)9-11-6-2-4-8-13(11)12;;;;;;/h2-15H,1H3;1-9H;2*1H3;2*1H;1H2;. The first-order valence-corrected chi connectivity index (χ1v) is 28.5. The van der Waals surface area contributed by atoms with E-state index >= 15 is 0 Å². The number of hydrogen-bond donors (Lipinski definition) is 0. The van der Waals surface area contributed by atoms with Crippen LogP contribution in [0.15, 0.2) is 127 Å². The molecule has 6 aromatic rings. The van der Waals surface area contributed by atoms with Gasteiger partial charge in [0.1, 0.15) is 0 Å². The Hall–Kier alpha value is -2.74. The maximum absolute atomic E-state index is 3.58. The van der Waals surface area contributed by atoms with Gasteiger partial charge in [-0.15, -0.1) is 24.8 Å². The topological polar surface area (TPSA) is 0 Å². The van der Waals surface area contributed by atoms with Crippen molar-refractivity contribution < 1.29 is 17.4 Å². The largest absolute Gasteiger partial charge is 0.147 e. The van der Waals surface area contributed by atoms with Crippen LogP contribution in [0.3, 0.4) is 0 Å². The van der Waals surface area contributed by atoms with Gasteiger partial charge in [0.2, 0.25) is 0 Å². The summed E-state index contributed by atoms with van der Waals surface area (Å²) in [6, 6.07) is 45.8. The molecular weight excluding hydrogens is 659 g/mol. The van der Waals surface area contributed by atoms with Gasteiger partial charge < -0.3 is 0 Å². The summed E-state index contributed by atoms with van der Waals surface area (Å²) in [6.07, 6.45) is 2.67. The maximum atomic E-state index is 2.73. The first-order valence-electron chi connectivity index (χ1n) is 14.8. The normalized spacial score (nSPS) is 15.7. The molecule has 0 aliphatic heterocycles. The predicted molar refractivity (Wildman–Crippen MR) is 192 cm³/mol. The molecular formula is C39H36Cl2SiZr. The smallest absolute Gasteiger partial charge is 0.147 e. The second-order valence-electron chi connectivity index (χ2n) is 13.3. The predicted octanol–water partition coefficient (Wildman–Crippen LogP) is 11.1. The Balaban J connectivity index is 0.00000165. The van der Waals surface area contributed by atoms with Crippen molar-refractivity contribution in [1.82, 2.24) is 0 Å². The van der Waals surface area contributed by atoms with Crippen LogP contribution in [0.5, 0.6) is 0 Å². The summed E-state index contributed by atoms with van der Waals surface area (Å²) in [7, 11) is 0. The van der Waals surface area contributed by atoms with Crippen LogP contribution in [0.1, 0.15) is 36.4 Å². The minimum absolute atomic E-state index is 0. The van der Waals surface area contributed by atoms with Gasteiger partial charge in [-0.1, -0.05) is 0 Å². The molecule has 0 N–H and O–H groups in total. The van der Waals surface area contributed by atoms with Crippen LogP contribution < -0.4 is 0 Å². The summed E-state index contributed by atoms with van der Waals surface area (Å²) in [5.74, 6) is 0. The van der Waals surface area contributed by atoms with Gasteiger partial charge in [0.15, 0.2) is 0 Å². The molecule has 2 aliphatic carbocycles. The van der Waals surface area contributed by atoms with Gasteiger partial charge in [-0.2, -0.15) is 0 Å². The van der Waals surface area contributed by atoms with E-state index in [-0.39, 0.29) is 24.8 Å². The van der Waals surface area contributed by atoms with Crippen molar-refractivity contribution in [3.05, 3.63) is 150 Å². The summed E-state index contributed by atoms with van der Waals surface area (Å²) in [4.78, 5) is 0. The molecule has 0 nitrogen and oxygen atoms in total. The van der Waals surface area contributed by atoms with Crippen LogP contribution in [-0.2, 0) is 17.4 Å². The molecule has 43 heavy (non-hydrogen) atoms. The Kier molecular flexibility index (Phi) is 7.54. The van der Waals surface area contributed by atoms with Crippen molar-refractivity contribution in [2.24, 2.45) is 0 Å². The molecule has 6 aromatic carbocycles. The van der Waals surface area contributed by atoms with Gasteiger partial charge in [-0.05, 0) is 0 Å². The van der Waals surface area contributed by atoms with Gasteiger partial charge in [0, 0.05) is 0 Å². The average molecular weight is 695 g/mol. The van der Waals surface area contributed by atoms with Crippen molar-refractivity contribution in [3.63, 3.8) is 0 Å². The second-order valence-corrected chi connectivity index (χ2v) is 43.9. The van der Waals surface area contributed by atoms with Gasteiger partial charge in [-0.25, -0.2) is 0 Å². The second kappa shape index (κ2) is 10.7. The van der Waals surface area contributed by atoms with Crippen molar-refractivity contribution in [2.45, 2.75) is 23.4 Å². The van der Waals surface area contributed by atoms with Crippen molar-refractivity contribution >= 4 is 58.8 Å². The number of hydrogen-bond acceptors (Lipinski definition) is 0. The summed E-state index contributed by atoms with van der Waals surface area (Å²) >= 11 is -3.58. The Morgan fingerprint density at radius 1 is 0.535 bits per heavy atom. The van der Waals surface area contributed by atoms with Crippen LogP contribution >= 0.6 is 24.8 Å². The molecule has 0 saturated heterocycles. The van der Waals surface area contributed by atoms with E-state index in [0.29, 0.717) is 7.25 Å². The molecule has 0 fully saturated rings. The van der Waals surface area contributed by atoms with E-state index in [1.807, 2.05) is 0 Å². The zero-order valence-electron chi connectivity index (χ0n) is 24.8. The third-order valence-electron chi connectivity index (χ3n) is 10.1.